The lowest BCUT2D eigenvalue weighted by Gasteiger charge is -2.10. The molecule has 0 bridgehead atoms. The van der Waals surface area contributed by atoms with Crippen molar-refractivity contribution < 1.29 is 17.6 Å². The highest BCUT2D eigenvalue weighted by atomic mass is 35.5. The standard InChI is InChI=1S/C11H10ClF3N4O/c12-8-2-1-6(5-7(8)11(13,14)15)17-10-19-18-9(20-10)3-4-16/h1-2,5H,3-4,16H2,(H,17,19). The normalized spacial score (nSPS) is 11.7. The summed E-state index contributed by atoms with van der Waals surface area (Å²) in [5, 5.41) is 9.54. The van der Waals surface area contributed by atoms with E-state index in [0.29, 0.717) is 18.9 Å². The number of nitrogens with zero attached hydrogens (tertiary/aromatic N) is 2. The molecule has 0 spiro atoms. The van der Waals surface area contributed by atoms with Crippen molar-refractivity contribution in [2.24, 2.45) is 5.73 Å². The summed E-state index contributed by atoms with van der Waals surface area (Å²) in [5.41, 5.74) is 4.52. The van der Waals surface area contributed by atoms with Crippen molar-refractivity contribution >= 4 is 23.3 Å². The predicted octanol–water partition coefficient (Wildman–Crippen LogP) is 2.99. The number of halogens is 4. The summed E-state index contributed by atoms with van der Waals surface area (Å²) in [7, 11) is 0. The van der Waals surface area contributed by atoms with Crippen LogP contribution >= 0.6 is 11.6 Å². The van der Waals surface area contributed by atoms with Crippen LogP contribution in [0, 0.1) is 0 Å². The van der Waals surface area contributed by atoms with Crippen LogP contribution in [0.5, 0.6) is 0 Å². The molecule has 9 heteroatoms. The molecule has 0 amide bonds. The minimum Gasteiger partial charge on any atom is -0.408 e. The molecule has 0 aliphatic rings. The van der Waals surface area contributed by atoms with Crippen LogP contribution < -0.4 is 11.1 Å². The second kappa shape index (κ2) is 5.68. The Labute approximate surface area is 116 Å². The van der Waals surface area contributed by atoms with Gasteiger partial charge in [0.15, 0.2) is 0 Å². The molecular weight excluding hydrogens is 297 g/mol. The van der Waals surface area contributed by atoms with Gasteiger partial charge in [-0.15, -0.1) is 5.10 Å². The Morgan fingerprint density at radius 2 is 2.05 bits per heavy atom. The molecule has 20 heavy (non-hydrogen) atoms. The van der Waals surface area contributed by atoms with Crippen LogP contribution in [0.25, 0.3) is 0 Å². The van der Waals surface area contributed by atoms with E-state index >= 15 is 0 Å². The number of benzene rings is 1. The zero-order chi connectivity index (χ0) is 14.8. The van der Waals surface area contributed by atoms with Gasteiger partial charge in [-0.1, -0.05) is 16.7 Å². The van der Waals surface area contributed by atoms with Crippen LogP contribution in [-0.4, -0.2) is 16.7 Å². The second-order valence-electron chi connectivity index (χ2n) is 3.86. The third kappa shape index (κ3) is 3.40. The molecule has 108 valence electrons. The van der Waals surface area contributed by atoms with Gasteiger partial charge >= 0.3 is 12.2 Å². The summed E-state index contributed by atoms with van der Waals surface area (Å²) in [6.07, 6.45) is -4.14. The molecule has 2 rings (SSSR count). The van der Waals surface area contributed by atoms with Crippen LogP contribution in [0.4, 0.5) is 24.9 Å². The van der Waals surface area contributed by atoms with Crippen LogP contribution in [0.1, 0.15) is 11.5 Å². The highest BCUT2D eigenvalue weighted by molar-refractivity contribution is 6.31. The van der Waals surface area contributed by atoms with Crippen LogP contribution in [0.2, 0.25) is 5.02 Å². The van der Waals surface area contributed by atoms with E-state index in [1.54, 1.807) is 0 Å². The fourth-order valence-corrected chi connectivity index (χ4v) is 1.70. The highest BCUT2D eigenvalue weighted by Crippen LogP contribution is 2.36. The molecule has 1 aromatic carbocycles. The predicted molar refractivity (Wildman–Crippen MR) is 66.8 cm³/mol. The van der Waals surface area contributed by atoms with Crippen LogP contribution in [0.15, 0.2) is 22.6 Å². The van der Waals surface area contributed by atoms with Crippen molar-refractivity contribution in [3.63, 3.8) is 0 Å². The van der Waals surface area contributed by atoms with Crippen molar-refractivity contribution in [2.75, 3.05) is 11.9 Å². The Morgan fingerprint density at radius 1 is 1.30 bits per heavy atom. The quantitative estimate of drug-likeness (QED) is 0.908. The van der Waals surface area contributed by atoms with E-state index in [0.717, 1.165) is 12.1 Å². The number of nitrogens with two attached hydrogens (primary N) is 1. The first-order chi connectivity index (χ1) is 9.40. The van der Waals surface area contributed by atoms with E-state index in [1.165, 1.54) is 6.07 Å². The molecule has 1 heterocycles. The number of anilines is 2. The molecule has 5 nitrogen and oxygen atoms in total. The molecule has 0 aliphatic carbocycles. The zero-order valence-corrected chi connectivity index (χ0v) is 10.8. The van der Waals surface area contributed by atoms with Crippen molar-refractivity contribution in [3.8, 4) is 0 Å². The number of hydrogen-bond acceptors (Lipinski definition) is 5. The molecule has 0 fully saturated rings. The maximum atomic E-state index is 12.7. The summed E-state index contributed by atoms with van der Waals surface area (Å²) in [4.78, 5) is 0. The third-order valence-corrected chi connectivity index (χ3v) is 2.68. The van der Waals surface area contributed by atoms with E-state index in [-0.39, 0.29) is 16.7 Å². The number of aromatic nitrogens is 2. The van der Waals surface area contributed by atoms with Gasteiger partial charge in [0.05, 0.1) is 10.6 Å². The van der Waals surface area contributed by atoms with Crippen molar-refractivity contribution in [2.45, 2.75) is 12.6 Å². The molecule has 0 saturated carbocycles. The average Bonchev–Trinajstić information content (AvgIpc) is 2.78. The summed E-state index contributed by atoms with van der Waals surface area (Å²) in [6.45, 7) is 0.334. The maximum absolute atomic E-state index is 12.7. The lowest BCUT2D eigenvalue weighted by atomic mass is 10.2. The average molecular weight is 307 g/mol. The summed E-state index contributed by atoms with van der Waals surface area (Å²) < 4.78 is 43.2. The van der Waals surface area contributed by atoms with Crippen molar-refractivity contribution in [1.29, 1.82) is 0 Å². The first kappa shape index (κ1) is 14.6. The van der Waals surface area contributed by atoms with Gasteiger partial charge in [0.2, 0.25) is 5.89 Å². The minimum absolute atomic E-state index is 0.0103. The van der Waals surface area contributed by atoms with Gasteiger partial charge in [-0.25, -0.2) is 0 Å². The molecular formula is C11H10ClF3N4O. The Kier molecular flexibility index (Phi) is 4.15. The molecule has 0 unspecified atom stereocenters. The first-order valence-electron chi connectivity index (χ1n) is 5.56. The largest absolute Gasteiger partial charge is 0.417 e. The number of alkyl halides is 3. The van der Waals surface area contributed by atoms with Gasteiger partial charge in [-0.3, -0.25) is 0 Å². The number of hydrogen-bond donors (Lipinski definition) is 2. The molecule has 2 aromatic rings. The van der Waals surface area contributed by atoms with Gasteiger partial charge in [-0.2, -0.15) is 13.2 Å². The molecule has 3 N–H and O–H groups in total. The lowest BCUT2D eigenvalue weighted by Crippen LogP contribution is -2.06. The van der Waals surface area contributed by atoms with Crippen LogP contribution in [0.3, 0.4) is 0 Å². The smallest absolute Gasteiger partial charge is 0.408 e. The number of rotatable bonds is 4. The van der Waals surface area contributed by atoms with Crippen LogP contribution in [-0.2, 0) is 12.6 Å². The van der Waals surface area contributed by atoms with E-state index in [1.807, 2.05) is 0 Å². The lowest BCUT2D eigenvalue weighted by molar-refractivity contribution is -0.137. The van der Waals surface area contributed by atoms with Gasteiger partial charge < -0.3 is 15.5 Å². The highest BCUT2D eigenvalue weighted by Gasteiger charge is 2.33. The molecule has 0 atom stereocenters. The molecule has 1 aromatic heterocycles. The Morgan fingerprint density at radius 3 is 2.70 bits per heavy atom. The van der Waals surface area contributed by atoms with E-state index in [2.05, 4.69) is 15.5 Å². The number of nitrogens with one attached hydrogen (secondary N) is 1. The van der Waals surface area contributed by atoms with Gasteiger partial charge in [0.25, 0.3) is 0 Å². The fraction of sp³-hybridized carbons (Fsp3) is 0.273. The SMILES string of the molecule is NCCc1nnc(Nc2ccc(Cl)c(C(F)(F)F)c2)o1. The summed E-state index contributed by atoms with van der Waals surface area (Å²) in [5.74, 6) is 0.306. The Bertz CT molecular complexity index is 600. The van der Waals surface area contributed by atoms with Gasteiger partial charge in [0.1, 0.15) is 0 Å². The van der Waals surface area contributed by atoms with E-state index in [9.17, 15) is 13.2 Å². The second-order valence-corrected chi connectivity index (χ2v) is 4.26. The fourth-order valence-electron chi connectivity index (χ4n) is 1.47. The Hall–Kier alpha value is -1.80. The minimum atomic E-state index is -4.53. The van der Waals surface area contributed by atoms with E-state index in [4.69, 9.17) is 21.8 Å². The molecule has 0 saturated heterocycles. The van der Waals surface area contributed by atoms with Crippen molar-refractivity contribution in [3.05, 3.63) is 34.7 Å². The monoisotopic (exact) mass is 306 g/mol. The maximum Gasteiger partial charge on any atom is 0.417 e. The topological polar surface area (TPSA) is 77.0 Å². The third-order valence-electron chi connectivity index (χ3n) is 2.35. The zero-order valence-electron chi connectivity index (χ0n) is 10.0. The van der Waals surface area contributed by atoms with Crippen molar-refractivity contribution in [1.82, 2.24) is 10.2 Å². The summed E-state index contributed by atoms with van der Waals surface area (Å²) in [6, 6.07) is 3.38. The molecule has 0 radical (unpaired) electrons. The van der Waals surface area contributed by atoms with E-state index < -0.39 is 11.7 Å². The first-order valence-corrected chi connectivity index (χ1v) is 5.94. The molecule has 0 aliphatic heterocycles. The van der Waals surface area contributed by atoms with Gasteiger partial charge in [0, 0.05) is 18.7 Å². The van der Waals surface area contributed by atoms with Gasteiger partial charge in [-0.05, 0) is 18.2 Å². The summed E-state index contributed by atoms with van der Waals surface area (Å²) >= 11 is 5.52. The Balaban J connectivity index is 2.21.